The maximum atomic E-state index is 12.2. The third-order valence-corrected chi connectivity index (χ3v) is 5.47. The van der Waals surface area contributed by atoms with Gasteiger partial charge in [-0.3, -0.25) is 9.59 Å². The number of hydrogen-bond donors (Lipinski definition) is 1. The molecule has 2 aromatic carbocycles. The molecule has 1 aliphatic heterocycles. The summed E-state index contributed by atoms with van der Waals surface area (Å²) in [5.74, 6) is 0.483. The SMILES string of the molecule is CCc1ccc(CCC(=O)NCC2CC(=O)N(CCc3ccccc3)C2)cc1. The Morgan fingerprint density at radius 2 is 1.68 bits per heavy atom. The Balaban J connectivity index is 1.36. The van der Waals surface area contributed by atoms with E-state index in [0.717, 1.165) is 32.4 Å². The van der Waals surface area contributed by atoms with Crippen LogP contribution in [-0.2, 0) is 28.9 Å². The van der Waals surface area contributed by atoms with E-state index in [1.165, 1.54) is 16.7 Å². The van der Waals surface area contributed by atoms with Gasteiger partial charge < -0.3 is 10.2 Å². The van der Waals surface area contributed by atoms with Crippen molar-refractivity contribution in [2.75, 3.05) is 19.6 Å². The molecule has 0 aromatic heterocycles. The monoisotopic (exact) mass is 378 g/mol. The van der Waals surface area contributed by atoms with E-state index < -0.39 is 0 Å². The molecule has 1 unspecified atom stereocenters. The number of nitrogens with zero attached hydrogens (tertiary/aromatic N) is 1. The summed E-state index contributed by atoms with van der Waals surface area (Å²) in [6, 6.07) is 18.7. The predicted octanol–water partition coefficient (Wildman–Crippen LogP) is 3.39. The first-order chi connectivity index (χ1) is 13.6. The fourth-order valence-electron chi connectivity index (χ4n) is 3.66. The van der Waals surface area contributed by atoms with E-state index in [4.69, 9.17) is 0 Å². The van der Waals surface area contributed by atoms with Gasteiger partial charge in [0.1, 0.15) is 0 Å². The number of rotatable bonds is 9. The van der Waals surface area contributed by atoms with Crippen LogP contribution in [0.3, 0.4) is 0 Å². The molecule has 2 aromatic rings. The van der Waals surface area contributed by atoms with Gasteiger partial charge in [0.2, 0.25) is 11.8 Å². The summed E-state index contributed by atoms with van der Waals surface area (Å²) in [5.41, 5.74) is 3.76. The molecule has 28 heavy (non-hydrogen) atoms. The van der Waals surface area contributed by atoms with Gasteiger partial charge in [0.15, 0.2) is 0 Å². The predicted molar refractivity (Wildman–Crippen MR) is 112 cm³/mol. The van der Waals surface area contributed by atoms with Gasteiger partial charge in [-0.05, 0) is 36.0 Å². The zero-order valence-corrected chi connectivity index (χ0v) is 16.7. The maximum absolute atomic E-state index is 12.2. The molecule has 0 aliphatic carbocycles. The second-order valence-corrected chi connectivity index (χ2v) is 7.62. The van der Waals surface area contributed by atoms with Crippen molar-refractivity contribution in [3.8, 4) is 0 Å². The molecule has 2 amide bonds. The normalized spacial score (nSPS) is 16.4. The van der Waals surface area contributed by atoms with E-state index in [-0.39, 0.29) is 17.7 Å². The molecule has 1 aliphatic rings. The molecule has 3 rings (SSSR count). The van der Waals surface area contributed by atoms with Crippen LogP contribution in [0, 0.1) is 5.92 Å². The first kappa shape index (κ1) is 20.1. The fourth-order valence-corrected chi connectivity index (χ4v) is 3.66. The Morgan fingerprint density at radius 3 is 2.39 bits per heavy atom. The lowest BCUT2D eigenvalue weighted by atomic mass is 10.1. The second-order valence-electron chi connectivity index (χ2n) is 7.62. The van der Waals surface area contributed by atoms with Crippen LogP contribution < -0.4 is 5.32 Å². The zero-order valence-electron chi connectivity index (χ0n) is 16.7. The van der Waals surface area contributed by atoms with Crippen LogP contribution in [0.2, 0.25) is 0 Å². The molecule has 1 saturated heterocycles. The number of carbonyl (C=O) groups is 2. The van der Waals surface area contributed by atoms with Crippen molar-refractivity contribution in [2.45, 2.75) is 39.0 Å². The van der Waals surface area contributed by atoms with Crippen LogP contribution in [0.15, 0.2) is 54.6 Å². The standard InChI is InChI=1S/C24H30N2O2/c1-2-19-8-10-21(11-9-19)12-13-23(27)25-17-22-16-24(28)26(18-22)15-14-20-6-4-3-5-7-20/h3-11,22H,2,12-18H2,1H3,(H,25,27). The van der Waals surface area contributed by atoms with Crippen molar-refractivity contribution in [3.63, 3.8) is 0 Å². The van der Waals surface area contributed by atoms with E-state index in [9.17, 15) is 9.59 Å². The molecule has 4 heteroatoms. The van der Waals surface area contributed by atoms with Crippen LogP contribution in [0.25, 0.3) is 0 Å². The summed E-state index contributed by atoms with van der Waals surface area (Å²) in [6.45, 7) is 4.21. The van der Waals surface area contributed by atoms with Gasteiger partial charge in [-0.25, -0.2) is 0 Å². The molecule has 1 atom stereocenters. The Morgan fingerprint density at radius 1 is 1.00 bits per heavy atom. The summed E-state index contributed by atoms with van der Waals surface area (Å²) in [7, 11) is 0. The Kier molecular flexibility index (Phi) is 7.24. The van der Waals surface area contributed by atoms with Gasteiger partial charge in [0.25, 0.3) is 0 Å². The van der Waals surface area contributed by atoms with Gasteiger partial charge in [0, 0.05) is 38.4 Å². The minimum atomic E-state index is 0.0646. The molecule has 4 nitrogen and oxygen atoms in total. The van der Waals surface area contributed by atoms with Crippen LogP contribution in [0.4, 0.5) is 0 Å². The Hall–Kier alpha value is -2.62. The summed E-state index contributed by atoms with van der Waals surface area (Å²) in [4.78, 5) is 26.3. The van der Waals surface area contributed by atoms with E-state index in [1.54, 1.807) is 0 Å². The Labute approximate surface area is 167 Å². The van der Waals surface area contributed by atoms with E-state index in [1.807, 2.05) is 23.1 Å². The average Bonchev–Trinajstić information content (AvgIpc) is 3.10. The number of amides is 2. The summed E-state index contributed by atoms with van der Waals surface area (Å²) in [6.07, 6.45) is 3.69. The van der Waals surface area contributed by atoms with E-state index in [0.29, 0.717) is 19.4 Å². The summed E-state index contributed by atoms with van der Waals surface area (Å²) >= 11 is 0. The summed E-state index contributed by atoms with van der Waals surface area (Å²) < 4.78 is 0. The molecule has 1 fully saturated rings. The van der Waals surface area contributed by atoms with Crippen molar-refractivity contribution in [1.82, 2.24) is 10.2 Å². The largest absolute Gasteiger partial charge is 0.356 e. The van der Waals surface area contributed by atoms with E-state index in [2.05, 4.69) is 48.6 Å². The van der Waals surface area contributed by atoms with Crippen LogP contribution >= 0.6 is 0 Å². The van der Waals surface area contributed by atoms with Gasteiger partial charge in [-0.15, -0.1) is 0 Å². The minimum absolute atomic E-state index is 0.0646. The number of nitrogens with one attached hydrogen (secondary N) is 1. The lowest BCUT2D eigenvalue weighted by Crippen LogP contribution is -2.32. The lowest BCUT2D eigenvalue weighted by Gasteiger charge is -2.17. The minimum Gasteiger partial charge on any atom is -0.356 e. The zero-order chi connectivity index (χ0) is 19.8. The topological polar surface area (TPSA) is 49.4 Å². The van der Waals surface area contributed by atoms with Crippen molar-refractivity contribution in [1.29, 1.82) is 0 Å². The third-order valence-electron chi connectivity index (χ3n) is 5.47. The fraction of sp³-hybridized carbons (Fsp3) is 0.417. The highest BCUT2D eigenvalue weighted by Crippen LogP contribution is 2.18. The smallest absolute Gasteiger partial charge is 0.223 e. The molecule has 148 valence electrons. The van der Waals surface area contributed by atoms with Crippen LogP contribution in [-0.4, -0.2) is 36.3 Å². The molecule has 1 heterocycles. The molecular weight excluding hydrogens is 348 g/mol. The van der Waals surface area contributed by atoms with Crippen molar-refractivity contribution >= 4 is 11.8 Å². The molecule has 0 bridgehead atoms. The number of hydrogen-bond acceptors (Lipinski definition) is 2. The van der Waals surface area contributed by atoms with Crippen molar-refractivity contribution in [3.05, 3.63) is 71.3 Å². The first-order valence-electron chi connectivity index (χ1n) is 10.3. The third kappa shape index (κ3) is 5.95. The quantitative estimate of drug-likeness (QED) is 0.727. The highest BCUT2D eigenvalue weighted by molar-refractivity contribution is 5.79. The van der Waals surface area contributed by atoms with Gasteiger partial charge >= 0.3 is 0 Å². The van der Waals surface area contributed by atoms with Crippen molar-refractivity contribution < 1.29 is 9.59 Å². The number of aryl methyl sites for hydroxylation is 2. The van der Waals surface area contributed by atoms with Crippen LogP contribution in [0.5, 0.6) is 0 Å². The number of benzene rings is 2. The molecular formula is C24H30N2O2. The van der Waals surface area contributed by atoms with Gasteiger partial charge in [-0.1, -0.05) is 61.5 Å². The van der Waals surface area contributed by atoms with Gasteiger partial charge in [0.05, 0.1) is 0 Å². The van der Waals surface area contributed by atoms with Crippen LogP contribution in [0.1, 0.15) is 36.5 Å². The number of carbonyl (C=O) groups excluding carboxylic acids is 2. The Bertz CT molecular complexity index is 771. The van der Waals surface area contributed by atoms with E-state index >= 15 is 0 Å². The molecule has 1 N–H and O–H groups in total. The van der Waals surface area contributed by atoms with Gasteiger partial charge in [-0.2, -0.15) is 0 Å². The van der Waals surface area contributed by atoms with Crippen molar-refractivity contribution in [2.24, 2.45) is 5.92 Å². The lowest BCUT2D eigenvalue weighted by molar-refractivity contribution is -0.127. The second kappa shape index (κ2) is 10.1. The highest BCUT2D eigenvalue weighted by Gasteiger charge is 2.29. The number of likely N-dealkylation sites (tertiary alicyclic amines) is 1. The summed E-state index contributed by atoms with van der Waals surface area (Å²) in [5, 5.41) is 3.01. The molecule has 0 saturated carbocycles. The maximum Gasteiger partial charge on any atom is 0.223 e. The molecule has 0 spiro atoms. The first-order valence-corrected chi connectivity index (χ1v) is 10.3. The highest BCUT2D eigenvalue weighted by atomic mass is 16.2. The molecule has 0 radical (unpaired) electrons. The average molecular weight is 379 g/mol.